The Morgan fingerprint density at radius 1 is 0.719 bits per heavy atom. The molecule has 0 spiro atoms. The molecule has 0 radical (unpaired) electrons. The van der Waals surface area contributed by atoms with Crippen molar-refractivity contribution in [2.75, 3.05) is 0 Å². The normalized spacial score (nSPS) is 15.2. The van der Waals surface area contributed by atoms with Gasteiger partial charge in [0.2, 0.25) is 5.78 Å². The molecule has 10 heteroatoms. The molecule has 0 bridgehead atoms. The fourth-order valence-corrected chi connectivity index (χ4v) is 5.41. The summed E-state index contributed by atoms with van der Waals surface area (Å²) < 4.78 is 58.1. The lowest BCUT2D eigenvalue weighted by atomic mass is 9.93. The van der Waals surface area contributed by atoms with Gasteiger partial charge in [0.15, 0.2) is 0 Å². The number of nitrogens with one attached hydrogen (secondary N) is 1. The molecule has 7 nitrogen and oxygen atoms in total. The van der Waals surface area contributed by atoms with Crippen LogP contribution in [0.5, 0.6) is 0 Å². The van der Waals surface area contributed by atoms with Gasteiger partial charge in [-0.2, -0.15) is 12.8 Å². The number of nitrogens with zero attached hydrogens (tertiary/aromatic N) is 1. The number of fused-ring (bicyclic) bond motifs is 1. The minimum absolute atomic E-state index is 0.0338. The lowest BCUT2D eigenvalue weighted by Crippen LogP contribution is -2.31. The molecule has 1 aliphatic carbocycles. The van der Waals surface area contributed by atoms with Crippen LogP contribution in [-0.2, 0) is 20.0 Å². The van der Waals surface area contributed by atoms with Gasteiger partial charge in [-0.25, -0.2) is 8.42 Å². The third-order valence-corrected chi connectivity index (χ3v) is 7.82. The Hall–Kier alpha value is -3.08. The van der Waals surface area contributed by atoms with Gasteiger partial charge in [-0.15, -0.1) is 0 Å². The zero-order valence-corrected chi connectivity index (χ0v) is 19.5. The summed E-state index contributed by atoms with van der Waals surface area (Å²) in [7, 11) is -8.19. The maximum Gasteiger partial charge on any atom is 0.282 e. The first-order valence-corrected chi connectivity index (χ1v) is 12.9. The Balaban J connectivity index is 1.82. The highest BCUT2D eigenvalue weighted by atomic mass is 79.9. The third-order valence-electron chi connectivity index (χ3n) is 4.60. The molecule has 0 saturated carbocycles. The van der Waals surface area contributed by atoms with Gasteiger partial charge in [0.1, 0.15) is 0 Å². The van der Waals surface area contributed by atoms with E-state index in [1.165, 1.54) is 30.3 Å². The molecule has 162 valence electrons. The minimum atomic E-state index is -4.12. The second-order valence-corrected chi connectivity index (χ2v) is 11.0. The van der Waals surface area contributed by atoms with Gasteiger partial charge in [0, 0.05) is 15.6 Å². The second-order valence-electron chi connectivity index (χ2n) is 6.76. The van der Waals surface area contributed by atoms with Crippen molar-refractivity contribution in [3.8, 4) is 0 Å². The van der Waals surface area contributed by atoms with Crippen molar-refractivity contribution in [3.05, 3.63) is 106 Å². The van der Waals surface area contributed by atoms with Gasteiger partial charge in [-0.1, -0.05) is 58.4 Å². The first-order chi connectivity index (χ1) is 15.2. The molecule has 0 saturated heterocycles. The molecule has 32 heavy (non-hydrogen) atoms. The van der Waals surface area contributed by atoms with Crippen LogP contribution >= 0.6 is 15.9 Å². The molecule has 0 fully saturated rings. The van der Waals surface area contributed by atoms with Crippen LogP contribution in [0.4, 0.5) is 0 Å². The van der Waals surface area contributed by atoms with Crippen LogP contribution in [0.15, 0.2) is 109 Å². The van der Waals surface area contributed by atoms with E-state index in [0.717, 1.165) is 6.08 Å². The highest BCUT2D eigenvalue weighted by Crippen LogP contribution is 2.24. The summed E-state index contributed by atoms with van der Waals surface area (Å²) in [6.07, 6.45) is 1.14. The van der Waals surface area contributed by atoms with E-state index >= 15 is 0 Å². The molecule has 1 N–H and O–H groups in total. The number of benzene rings is 3. The number of halogens is 1. The Morgan fingerprint density at radius 2 is 1.31 bits per heavy atom. The zero-order chi connectivity index (χ0) is 22.9. The van der Waals surface area contributed by atoms with Crippen LogP contribution in [-0.4, -0.2) is 28.3 Å². The van der Waals surface area contributed by atoms with Gasteiger partial charge in [-0.3, -0.25) is 9.52 Å². The van der Waals surface area contributed by atoms with E-state index in [9.17, 15) is 21.6 Å². The maximum absolute atomic E-state index is 12.9. The minimum Gasteiger partial charge on any atom is -0.287 e. The summed E-state index contributed by atoms with van der Waals surface area (Å²) in [5.74, 6) is -0.583. The highest BCUT2D eigenvalue weighted by Gasteiger charge is 2.29. The maximum atomic E-state index is 12.9. The van der Waals surface area contributed by atoms with E-state index in [2.05, 4.69) is 25.0 Å². The van der Waals surface area contributed by atoms with E-state index < -0.39 is 25.8 Å². The molecule has 0 heterocycles. The summed E-state index contributed by atoms with van der Waals surface area (Å²) in [5, 5.41) is 0. The van der Waals surface area contributed by atoms with Gasteiger partial charge in [0.25, 0.3) is 20.0 Å². The standard InChI is InChI=1S/C22H15BrN2O5S2/c23-15-10-12-17(13-11-15)32(29,30)24-20-14-21(22(26)19-9-5-4-8-18(19)20)25-31(27,28)16-6-2-1-3-7-16/h1-14,25H/b24-20+. The van der Waals surface area contributed by atoms with E-state index in [1.807, 2.05) is 0 Å². The Morgan fingerprint density at radius 3 is 1.97 bits per heavy atom. The summed E-state index contributed by atoms with van der Waals surface area (Å²) >= 11 is 3.25. The summed E-state index contributed by atoms with van der Waals surface area (Å²) in [5.41, 5.74) is 0.0950. The Bertz CT molecular complexity index is 1480. The lowest BCUT2D eigenvalue weighted by Gasteiger charge is -2.18. The molecular weight excluding hydrogens is 516 g/mol. The first kappa shape index (κ1) is 22.1. The number of allylic oxidation sites excluding steroid dienone is 2. The lowest BCUT2D eigenvalue weighted by molar-refractivity contribution is 0.102. The van der Waals surface area contributed by atoms with E-state index in [1.54, 1.807) is 48.5 Å². The van der Waals surface area contributed by atoms with Gasteiger partial charge < -0.3 is 0 Å². The SMILES string of the molecule is O=C1C(NS(=O)(=O)c2ccccc2)=C/C(=N\S(=O)(=O)c2ccc(Br)cc2)c2ccccc21. The van der Waals surface area contributed by atoms with Crippen LogP contribution in [0.2, 0.25) is 0 Å². The van der Waals surface area contributed by atoms with Crippen LogP contribution in [0, 0.1) is 0 Å². The molecule has 3 aromatic rings. The Labute approximate surface area is 193 Å². The zero-order valence-electron chi connectivity index (χ0n) is 16.3. The molecule has 0 atom stereocenters. The van der Waals surface area contributed by atoms with Gasteiger partial charge in [-0.05, 0) is 42.5 Å². The van der Waals surface area contributed by atoms with Crippen LogP contribution in [0.25, 0.3) is 0 Å². The average molecular weight is 531 g/mol. The fraction of sp³-hybridized carbons (Fsp3) is 0. The van der Waals surface area contributed by atoms with Crippen LogP contribution < -0.4 is 4.72 Å². The molecular formula is C22H15BrN2O5S2. The first-order valence-electron chi connectivity index (χ1n) is 9.22. The predicted octanol–water partition coefficient (Wildman–Crippen LogP) is 3.69. The molecule has 3 aromatic carbocycles. The quantitative estimate of drug-likeness (QED) is 0.540. The van der Waals surface area contributed by atoms with E-state index in [4.69, 9.17) is 0 Å². The number of ketones is 1. The van der Waals surface area contributed by atoms with Crippen molar-refractivity contribution in [2.24, 2.45) is 4.40 Å². The number of hydrogen-bond acceptors (Lipinski definition) is 5. The summed E-state index contributed by atoms with van der Waals surface area (Å²) in [6.45, 7) is 0. The monoisotopic (exact) mass is 530 g/mol. The molecule has 0 amide bonds. The highest BCUT2D eigenvalue weighted by molar-refractivity contribution is 9.10. The van der Waals surface area contributed by atoms with E-state index in [0.29, 0.717) is 10.0 Å². The topological polar surface area (TPSA) is 110 Å². The van der Waals surface area contributed by atoms with Crippen LogP contribution in [0.3, 0.4) is 0 Å². The number of Topliss-reactive ketones (excluding diaryl/α,β-unsaturated/α-hetero) is 1. The number of sulfonamides is 2. The number of hydrogen-bond donors (Lipinski definition) is 1. The second kappa shape index (κ2) is 8.45. The van der Waals surface area contributed by atoms with Crippen molar-refractivity contribution in [1.82, 2.24) is 4.72 Å². The molecule has 0 unspecified atom stereocenters. The number of carbonyl (C=O) groups is 1. The molecule has 0 aromatic heterocycles. The third kappa shape index (κ3) is 4.43. The van der Waals surface area contributed by atoms with Crippen molar-refractivity contribution >= 4 is 47.5 Å². The largest absolute Gasteiger partial charge is 0.287 e. The van der Waals surface area contributed by atoms with Gasteiger partial charge >= 0.3 is 0 Å². The molecule has 4 rings (SSSR count). The summed E-state index contributed by atoms with van der Waals surface area (Å²) in [4.78, 5) is 12.9. The number of carbonyl (C=O) groups excluding carboxylic acids is 1. The van der Waals surface area contributed by atoms with Crippen molar-refractivity contribution in [1.29, 1.82) is 0 Å². The van der Waals surface area contributed by atoms with Crippen LogP contribution in [0.1, 0.15) is 15.9 Å². The van der Waals surface area contributed by atoms with Crippen molar-refractivity contribution in [3.63, 3.8) is 0 Å². The number of rotatable bonds is 5. The predicted molar refractivity (Wildman–Crippen MR) is 123 cm³/mol. The molecule has 1 aliphatic rings. The summed E-state index contributed by atoms with van der Waals surface area (Å²) in [6, 6.07) is 19.8. The Kier molecular flexibility index (Phi) is 5.85. The fourth-order valence-electron chi connectivity index (χ4n) is 3.07. The van der Waals surface area contributed by atoms with Gasteiger partial charge in [0.05, 0.1) is 21.2 Å². The average Bonchev–Trinajstić information content (AvgIpc) is 2.77. The van der Waals surface area contributed by atoms with Crippen molar-refractivity contribution in [2.45, 2.75) is 9.79 Å². The smallest absolute Gasteiger partial charge is 0.282 e. The molecule has 0 aliphatic heterocycles. The van der Waals surface area contributed by atoms with E-state index in [-0.39, 0.29) is 26.8 Å². The van der Waals surface area contributed by atoms with Crippen molar-refractivity contribution < 1.29 is 21.6 Å².